The summed E-state index contributed by atoms with van der Waals surface area (Å²) < 4.78 is 50.2. The third-order valence-electron chi connectivity index (χ3n) is 3.00. The lowest BCUT2D eigenvalue weighted by atomic mass is 10.1. The van der Waals surface area contributed by atoms with Crippen LogP contribution in [0.5, 0.6) is 0 Å². The van der Waals surface area contributed by atoms with Crippen molar-refractivity contribution in [1.29, 1.82) is 0 Å². The second-order valence-electron chi connectivity index (χ2n) is 5.26. The summed E-state index contributed by atoms with van der Waals surface area (Å²) in [5.74, 6) is -0.845. The molecule has 1 heterocycles. The molecule has 0 aliphatic rings. The topological polar surface area (TPSA) is 60.9 Å². The SMILES string of the molecule is CC(C)n1ncc(S)c(F)c1=O.N[C@H](c1ccc(Cl)cc1)C(F)(F)F. The fourth-order valence-corrected chi connectivity index (χ4v) is 1.94. The van der Waals surface area contributed by atoms with Crippen LogP contribution in [-0.4, -0.2) is 16.0 Å². The summed E-state index contributed by atoms with van der Waals surface area (Å²) >= 11 is 9.24. The number of hydrogen-bond donors (Lipinski definition) is 2. The van der Waals surface area contributed by atoms with Gasteiger partial charge in [-0.2, -0.15) is 22.7 Å². The van der Waals surface area contributed by atoms with Crippen molar-refractivity contribution < 1.29 is 17.6 Å². The standard InChI is InChI=1S/C8H7ClF3N.C7H9FN2OS/c9-6-3-1-5(2-4-6)7(13)8(10,11)12;1-4(2)10-7(11)6(8)5(12)3-9-10/h1-4,7H,13H2;3-4,12H,1-2H3/t7-;/m1./s1. The summed E-state index contributed by atoms with van der Waals surface area (Å²) in [6, 6.07) is 3.21. The predicted molar refractivity (Wildman–Crippen MR) is 90.5 cm³/mol. The van der Waals surface area contributed by atoms with Crippen LogP contribution in [0.25, 0.3) is 0 Å². The van der Waals surface area contributed by atoms with Crippen LogP contribution >= 0.6 is 24.2 Å². The van der Waals surface area contributed by atoms with Crippen molar-refractivity contribution >= 4 is 24.2 Å². The first-order chi connectivity index (χ1) is 11.4. The highest BCUT2D eigenvalue weighted by Gasteiger charge is 2.37. The van der Waals surface area contributed by atoms with Crippen molar-refractivity contribution in [2.75, 3.05) is 0 Å². The molecule has 2 aromatic rings. The Balaban J connectivity index is 0.000000251. The van der Waals surface area contributed by atoms with E-state index < -0.39 is 23.6 Å². The number of nitrogens with two attached hydrogens (primary N) is 1. The van der Waals surface area contributed by atoms with E-state index >= 15 is 0 Å². The molecule has 0 fully saturated rings. The zero-order valence-electron chi connectivity index (χ0n) is 13.3. The first-order valence-electron chi connectivity index (χ1n) is 6.99. The third-order valence-corrected chi connectivity index (χ3v) is 3.56. The fourth-order valence-electron chi connectivity index (χ4n) is 1.66. The molecule has 2 rings (SSSR count). The number of nitrogens with zero attached hydrogens (tertiary/aromatic N) is 2. The third kappa shape index (κ3) is 6.02. The van der Waals surface area contributed by atoms with Crippen LogP contribution in [-0.2, 0) is 0 Å². The molecule has 1 atom stereocenters. The minimum absolute atomic E-state index is 0.0110. The van der Waals surface area contributed by atoms with Gasteiger partial charge in [-0.1, -0.05) is 23.7 Å². The zero-order valence-corrected chi connectivity index (χ0v) is 14.9. The summed E-state index contributed by atoms with van der Waals surface area (Å²) in [6.07, 6.45) is -3.19. The maximum absolute atomic E-state index is 12.9. The highest BCUT2D eigenvalue weighted by molar-refractivity contribution is 7.80. The average Bonchev–Trinajstić information content (AvgIpc) is 2.52. The van der Waals surface area contributed by atoms with Crippen LogP contribution in [0, 0.1) is 5.82 Å². The van der Waals surface area contributed by atoms with Gasteiger partial charge < -0.3 is 5.73 Å². The van der Waals surface area contributed by atoms with E-state index in [4.69, 9.17) is 17.3 Å². The van der Waals surface area contributed by atoms with Gasteiger partial charge in [0.05, 0.1) is 17.1 Å². The predicted octanol–water partition coefficient (Wildman–Crippen LogP) is 4.15. The Kier molecular flexibility index (Phi) is 7.45. The fraction of sp³-hybridized carbons (Fsp3) is 0.333. The molecule has 2 N–H and O–H groups in total. The van der Waals surface area contributed by atoms with Gasteiger partial charge in [0.25, 0.3) is 0 Å². The molecule has 10 heteroatoms. The Labute approximate surface area is 152 Å². The summed E-state index contributed by atoms with van der Waals surface area (Å²) in [7, 11) is 0. The van der Waals surface area contributed by atoms with E-state index in [9.17, 15) is 22.4 Å². The van der Waals surface area contributed by atoms with Crippen molar-refractivity contribution in [1.82, 2.24) is 9.78 Å². The van der Waals surface area contributed by atoms with Gasteiger partial charge in [-0.25, -0.2) is 4.68 Å². The number of rotatable bonds is 2. The molecule has 0 radical (unpaired) electrons. The normalized spacial score (nSPS) is 12.6. The van der Waals surface area contributed by atoms with Crippen molar-refractivity contribution in [3.63, 3.8) is 0 Å². The maximum atomic E-state index is 12.9. The van der Waals surface area contributed by atoms with Gasteiger partial charge in [0, 0.05) is 5.02 Å². The van der Waals surface area contributed by atoms with Gasteiger partial charge in [0.1, 0.15) is 6.04 Å². The molecule has 4 nitrogen and oxygen atoms in total. The van der Waals surface area contributed by atoms with Crippen LogP contribution in [0.2, 0.25) is 5.02 Å². The van der Waals surface area contributed by atoms with Crippen LogP contribution in [0.4, 0.5) is 17.6 Å². The molecule has 0 unspecified atom stereocenters. The van der Waals surface area contributed by atoms with Crippen molar-refractivity contribution in [2.24, 2.45) is 5.73 Å². The van der Waals surface area contributed by atoms with Gasteiger partial charge in [0.2, 0.25) is 5.82 Å². The Morgan fingerprint density at radius 3 is 2.20 bits per heavy atom. The largest absolute Gasteiger partial charge is 0.407 e. The molecular weight excluding hydrogens is 382 g/mol. The van der Waals surface area contributed by atoms with Gasteiger partial charge in [-0.05, 0) is 31.5 Å². The number of hydrogen-bond acceptors (Lipinski definition) is 4. The van der Waals surface area contributed by atoms with E-state index in [1.54, 1.807) is 13.8 Å². The molecule has 25 heavy (non-hydrogen) atoms. The van der Waals surface area contributed by atoms with Crippen molar-refractivity contribution in [3.05, 3.63) is 57.2 Å². The minimum Gasteiger partial charge on any atom is -0.316 e. The molecule has 0 aliphatic heterocycles. The first kappa shape index (κ1) is 21.5. The van der Waals surface area contributed by atoms with Gasteiger partial charge in [-0.3, -0.25) is 4.79 Å². The molecule has 0 amide bonds. The van der Waals surface area contributed by atoms with Crippen LogP contribution < -0.4 is 11.3 Å². The molecule has 138 valence electrons. The Bertz CT molecular complexity index is 763. The lowest BCUT2D eigenvalue weighted by Gasteiger charge is -2.15. The van der Waals surface area contributed by atoms with Crippen molar-refractivity contribution in [2.45, 2.75) is 37.0 Å². The summed E-state index contributed by atoms with van der Waals surface area (Å²) in [5.41, 5.74) is 4.24. The molecule has 0 saturated heterocycles. The molecule has 1 aromatic carbocycles. The summed E-state index contributed by atoms with van der Waals surface area (Å²) in [6.45, 7) is 3.51. The number of halogens is 5. The smallest absolute Gasteiger partial charge is 0.316 e. The summed E-state index contributed by atoms with van der Waals surface area (Å²) in [5, 5.41) is 4.11. The Morgan fingerprint density at radius 2 is 1.76 bits per heavy atom. The van der Waals surface area contributed by atoms with Gasteiger partial charge in [0.15, 0.2) is 0 Å². The number of benzene rings is 1. The molecule has 1 aromatic heterocycles. The number of thiol groups is 1. The Hall–Kier alpha value is -1.58. The molecule has 0 bridgehead atoms. The second-order valence-corrected chi connectivity index (χ2v) is 6.18. The lowest BCUT2D eigenvalue weighted by Crippen LogP contribution is -2.28. The Morgan fingerprint density at radius 1 is 1.24 bits per heavy atom. The average molecular weight is 398 g/mol. The van der Waals surface area contributed by atoms with Crippen LogP contribution in [0.1, 0.15) is 31.5 Å². The molecule has 0 aliphatic carbocycles. The van der Waals surface area contributed by atoms with E-state index in [0.717, 1.165) is 4.68 Å². The van der Waals surface area contributed by atoms with E-state index in [2.05, 4.69) is 17.7 Å². The highest BCUT2D eigenvalue weighted by atomic mass is 35.5. The molecular formula is C15H16ClF4N3OS. The molecule has 0 spiro atoms. The van der Waals surface area contributed by atoms with Gasteiger partial charge >= 0.3 is 11.7 Å². The van der Waals surface area contributed by atoms with Gasteiger partial charge in [-0.15, -0.1) is 12.6 Å². The second kappa shape index (κ2) is 8.68. The van der Waals surface area contributed by atoms with E-state index in [1.165, 1.54) is 30.5 Å². The van der Waals surface area contributed by atoms with E-state index in [-0.39, 0.29) is 16.5 Å². The number of alkyl halides is 3. The highest BCUT2D eigenvalue weighted by Crippen LogP contribution is 2.30. The maximum Gasteiger partial charge on any atom is 0.407 e. The number of aromatic nitrogens is 2. The lowest BCUT2D eigenvalue weighted by molar-refractivity contribution is -0.149. The van der Waals surface area contributed by atoms with Crippen LogP contribution in [0.3, 0.4) is 0 Å². The molecule has 0 saturated carbocycles. The van der Waals surface area contributed by atoms with Crippen LogP contribution in [0.15, 0.2) is 40.2 Å². The monoisotopic (exact) mass is 397 g/mol. The minimum atomic E-state index is -4.41. The zero-order chi connectivity index (χ0) is 19.4. The van der Waals surface area contributed by atoms with E-state index in [0.29, 0.717) is 5.02 Å². The van der Waals surface area contributed by atoms with Crippen molar-refractivity contribution in [3.8, 4) is 0 Å². The first-order valence-corrected chi connectivity index (χ1v) is 7.81. The van der Waals surface area contributed by atoms with E-state index in [1.807, 2.05) is 0 Å². The summed E-state index contributed by atoms with van der Waals surface area (Å²) in [4.78, 5) is 11.1. The quantitative estimate of drug-likeness (QED) is 0.591.